The van der Waals surface area contributed by atoms with Gasteiger partial charge < -0.3 is 10.3 Å². The van der Waals surface area contributed by atoms with Crippen LogP contribution in [0.2, 0.25) is 0 Å². The first-order valence-electron chi connectivity index (χ1n) is 9.16. The Kier molecular flexibility index (Phi) is 4.94. The van der Waals surface area contributed by atoms with E-state index in [0.29, 0.717) is 11.3 Å². The van der Waals surface area contributed by atoms with E-state index in [1.165, 1.54) is 0 Å². The summed E-state index contributed by atoms with van der Waals surface area (Å²) in [7, 11) is 0. The van der Waals surface area contributed by atoms with Gasteiger partial charge in [0.15, 0.2) is 0 Å². The van der Waals surface area contributed by atoms with Gasteiger partial charge in [-0.1, -0.05) is 36.4 Å². The summed E-state index contributed by atoms with van der Waals surface area (Å²) < 4.78 is 1.98. The van der Waals surface area contributed by atoms with Gasteiger partial charge in [0.2, 0.25) is 0 Å². The lowest BCUT2D eigenvalue weighted by atomic mass is 9.96. The lowest BCUT2D eigenvalue weighted by Gasteiger charge is -2.21. The second-order valence-electron chi connectivity index (χ2n) is 6.57. The third-order valence-electron chi connectivity index (χ3n) is 4.80. The molecule has 6 nitrogen and oxygen atoms in total. The van der Waals surface area contributed by atoms with Gasteiger partial charge in [-0.25, -0.2) is 5.01 Å². The minimum Gasteiger partial charge on any atom is -0.317 e. The molecule has 6 heteroatoms. The van der Waals surface area contributed by atoms with Gasteiger partial charge in [-0.3, -0.25) is 0 Å². The van der Waals surface area contributed by atoms with Gasteiger partial charge in [0.25, 0.3) is 0 Å². The average molecular weight is 378 g/mol. The van der Waals surface area contributed by atoms with Gasteiger partial charge in [-0.2, -0.15) is 15.6 Å². The highest BCUT2D eigenvalue weighted by molar-refractivity contribution is 6.11. The number of benzene rings is 2. The lowest BCUT2D eigenvalue weighted by Crippen LogP contribution is -2.40. The number of rotatable bonds is 4. The number of nitrogens with zero attached hydrogens (tertiary/aromatic N) is 5. The van der Waals surface area contributed by atoms with E-state index in [1.807, 2.05) is 83.6 Å². The summed E-state index contributed by atoms with van der Waals surface area (Å²) in [5.74, 6) is -0.707. The van der Waals surface area contributed by atoms with Crippen molar-refractivity contribution in [2.45, 2.75) is 6.17 Å². The number of nitrogens with two attached hydrogens (primary N) is 1. The predicted octanol–water partition coefficient (Wildman–Crippen LogP) is 3.69. The number of aromatic nitrogens is 1. The molecule has 0 radical (unpaired) electrons. The van der Waals surface area contributed by atoms with Gasteiger partial charge >= 0.3 is 0 Å². The Bertz CT molecular complexity index is 1150. The number of hydrazone groups is 1. The number of hydrogen-bond donors (Lipinski definition) is 1. The minimum absolute atomic E-state index is 0.321. The van der Waals surface area contributed by atoms with E-state index in [1.54, 1.807) is 11.1 Å². The predicted molar refractivity (Wildman–Crippen MR) is 113 cm³/mol. The Hall–Kier alpha value is -4.13. The van der Waals surface area contributed by atoms with E-state index in [2.05, 4.69) is 17.2 Å². The smallest absolute Gasteiger partial charge is 0.127 e. The molecule has 2 atom stereocenters. The van der Waals surface area contributed by atoms with Crippen LogP contribution in [0.1, 0.15) is 5.69 Å². The molecule has 0 spiro atoms. The minimum atomic E-state index is -0.707. The summed E-state index contributed by atoms with van der Waals surface area (Å²) in [6.07, 6.45) is 3.02. The maximum Gasteiger partial charge on any atom is 0.127 e. The van der Waals surface area contributed by atoms with E-state index < -0.39 is 12.1 Å². The number of para-hydroxylation sites is 2. The first-order chi connectivity index (χ1) is 14.2. The summed E-state index contributed by atoms with van der Waals surface area (Å²) in [6, 6.07) is 27.5. The normalized spacial score (nSPS) is 18.8. The standard InChI is InChI=1S/C23H18N6/c24-15-17(14-20-12-7-13-28(20)18-8-3-1-4-9-18)22-21(16-25)23(26)29(27-22)19-10-5-2-6-11-19/h1-14,21,23H,26H2/b17-14-/t21-,23-/m1/s1. The molecular formula is C23H18N6. The van der Waals surface area contributed by atoms with Gasteiger partial charge in [-0.15, -0.1) is 0 Å². The Balaban J connectivity index is 1.76. The van der Waals surface area contributed by atoms with Crippen molar-refractivity contribution in [2.75, 3.05) is 5.01 Å². The summed E-state index contributed by atoms with van der Waals surface area (Å²) in [4.78, 5) is 0. The van der Waals surface area contributed by atoms with E-state index in [-0.39, 0.29) is 0 Å². The first kappa shape index (κ1) is 18.2. The van der Waals surface area contributed by atoms with Crippen LogP contribution >= 0.6 is 0 Å². The second-order valence-corrected chi connectivity index (χ2v) is 6.57. The average Bonchev–Trinajstić information content (AvgIpc) is 3.37. The molecule has 2 heterocycles. The first-order valence-corrected chi connectivity index (χ1v) is 9.16. The Labute approximate surface area is 169 Å². The Morgan fingerprint density at radius 3 is 2.21 bits per heavy atom. The van der Waals surface area contributed by atoms with Gasteiger partial charge in [-0.05, 0) is 42.5 Å². The molecule has 140 valence electrons. The van der Waals surface area contributed by atoms with E-state index in [9.17, 15) is 10.5 Å². The topological polar surface area (TPSA) is 94.1 Å². The second kappa shape index (κ2) is 7.85. The SMILES string of the molecule is N#C/C(=C/c1cccn1-c1ccccc1)C1=NN(c2ccccc2)[C@@H](N)[C@@H]1C#N. The van der Waals surface area contributed by atoms with E-state index in [0.717, 1.165) is 17.1 Å². The Morgan fingerprint density at radius 2 is 1.59 bits per heavy atom. The molecule has 0 saturated carbocycles. The lowest BCUT2D eigenvalue weighted by molar-refractivity contribution is 0.624. The molecular weight excluding hydrogens is 360 g/mol. The molecule has 0 fully saturated rings. The van der Waals surface area contributed by atoms with Crippen LogP contribution in [0.5, 0.6) is 0 Å². The third-order valence-corrected chi connectivity index (χ3v) is 4.80. The van der Waals surface area contributed by atoms with Crippen LogP contribution in [-0.2, 0) is 0 Å². The molecule has 3 aromatic rings. The molecule has 2 N–H and O–H groups in total. The number of nitriles is 2. The molecule has 1 aliphatic rings. The van der Waals surface area contributed by atoms with Crippen molar-refractivity contribution < 1.29 is 0 Å². The van der Waals surface area contributed by atoms with Crippen molar-refractivity contribution in [1.82, 2.24) is 4.57 Å². The van der Waals surface area contributed by atoms with Crippen LogP contribution in [0.25, 0.3) is 11.8 Å². The van der Waals surface area contributed by atoms with Gasteiger partial charge in [0, 0.05) is 17.6 Å². The number of hydrogen-bond acceptors (Lipinski definition) is 5. The summed E-state index contributed by atoms with van der Waals surface area (Å²) in [5, 5.41) is 25.7. The number of allylic oxidation sites excluding steroid dienone is 1. The van der Waals surface area contributed by atoms with Crippen LogP contribution in [0, 0.1) is 28.6 Å². The highest BCUT2D eigenvalue weighted by atomic mass is 15.5. The van der Waals surface area contributed by atoms with Crippen molar-refractivity contribution in [3.8, 4) is 17.8 Å². The van der Waals surface area contributed by atoms with Crippen LogP contribution in [0.15, 0.2) is 89.7 Å². The molecule has 2 aromatic carbocycles. The largest absolute Gasteiger partial charge is 0.317 e. The molecule has 1 aromatic heterocycles. The molecule has 1 aliphatic heterocycles. The summed E-state index contributed by atoms with van der Waals surface area (Å²) in [5.41, 5.74) is 9.57. The zero-order valence-corrected chi connectivity index (χ0v) is 15.6. The maximum atomic E-state index is 9.83. The molecule has 0 aliphatic carbocycles. The van der Waals surface area contributed by atoms with Crippen molar-refractivity contribution in [3.63, 3.8) is 0 Å². The van der Waals surface area contributed by atoms with Crippen molar-refractivity contribution in [2.24, 2.45) is 16.8 Å². The highest BCUT2D eigenvalue weighted by Gasteiger charge is 2.37. The molecule has 4 rings (SSSR count). The highest BCUT2D eigenvalue weighted by Crippen LogP contribution is 2.29. The summed E-state index contributed by atoms with van der Waals surface area (Å²) in [6.45, 7) is 0. The van der Waals surface area contributed by atoms with Crippen LogP contribution in [0.4, 0.5) is 5.69 Å². The zero-order chi connectivity index (χ0) is 20.2. The fourth-order valence-corrected chi connectivity index (χ4v) is 3.36. The maximum absolute atomic E-state index is 9.83. The fraction of sp³-hybridized carbons (Fsp3) is 0.0870. The zero-order valence-electron chi connectivity index (χ0n) is 15.6. The molecule has 0 amide bonds. The molecule has 0 unspecified atom stereocenters. The monoisotopic (exact) mass is 378 g/mol. The van der Waals surface area contributed by atoms with E-state index in [4.69, 9.17) is 5.73 Å². The van der Waals surface area contributed by atoms with Crippen LogP contribution < -0.4 is 10.7 Å². The van der Waals surface area contributed by atoms with Gasteiger partial charge in [0.1, 0.15) is 18.2 Å². The van der Waals surface area contributed by atoms with Crippen LogP contribution in [0.3, 0.4) is 0 Å². The quantitative estimate of drug-likeness (QED) is 0.701. The number of anilines is 1. The van der Waals surface area contributed by atoms with Crippen LogP contribution in [-0.4, -0.2) is 16.4 Å². The molecule has 29 heavy (non-hydrogen) atoms. The third kappa shape index (κ3) is 3.41. The molecule has 0 bridgehead atoms. The van der Waals surface area contributed by atoms with Gasteiger partial charge in [0.05, 0.1) is 23.0 Å². The van der Waals surface area contributed by atoms with E-state index >= 15 is 0 Å². The van der Waals surface area contributed by atoms with Crippen molar-refractivity contribution in [3.05, 3.63) is 90.3 Å². The molecule has 0 saturated heterocycles. The van der Waals surface area contributed by atoms with Crippen molar-refractivity contribution >= 4 is 17.5 Å². The van der Waals surface area contributed by atoms with Crippen molar-refractivity contribution in [1.29, 1.82) is 10.5 Å². The summed E-state index contributed by atoms with van der Waals surface area (Å²) >= 11 is 0. The Morgan fingerprint density at radius 1 is 0.931 bits per heavy atom. The fourth-order valence-electron chi connectivity index (χ4n) is 3.36.